The second kappa shape index (κ2) is 10.3. The minimum Gasteiger partial charge on any atom is -0.464 e. The molecule has 0 heterocycles. The Hall–Kier alpha value is -1.36. The highest BCUT2D eigenvalue weighted by molar-refractivity contribution is 7.90. The van der Waals surface area contributed by atoms with Gasteiger partial charge in [-0.05, 0) is 72.6 Å². The highest BCUT2D eigenvalue weighted by Crippen LogP contribution is 2.42. The summed E-state index contributed by atoms with van der Waals surface area (Å²) in [5.74, 6) is -1.12. The van der Waals surface area contributed by atoms with Crippen molar-refractivity contribution in [2.24, 2.45) is 10.8 Å². The number of rotatable bonds is 11. The van der Waals surface area contributed by atoms with Crippen molar-refractivity contribution in [2.45, 2.75) is 104 Å². The number of hydrogen-bond donors (Lipinski definition) is 1. The summed E-state index contributed by atoms with van der Waals surface area (Å²) in [6, 6.07) is -1.28. The van der Waals surface area contributed by atoms with Gasteiger partial charge in [0.25, 0.3) is 0 Å². The third-order valence-electron chi connectivity index (χ3n) is 6.25. The number of alkyl halides is 3. The zero-order valence-corrected chi connectivity index (χ0v) is 20.5. The summed E-state index contributed by atoms with van der Waals surface area (Å²) >= 11 is 0. The fraction of sp³-hybridized carbons (Fsp3) is 0.905. The summed E-state index contributed by atoms with van der Waals surface area (Å²) in [4.78, 5) is 25.7. The van der Waals surface area contributed by atoms with Gasteiger partial charge in [-0.3, -0.25) is 9.59 Å². The molecule has 2 unspecified atom stereocenters. The molecule has 0 aliphatic heterocycles. The van der Waals surface area contributed by atoms with E-state index in [1.807, 2.05) is 6.92 Å². The van der Waals surface area contributed by atoms with Crippen LogP contribution in [0.15, 0.2) is 0 Å². The third-order valence-corrected chi connectivity index (χ3v) is 7.57. The van der Waals surface area contributed by atoms with Crippen molar-refractivity contribution in [1.82, 2.24) is 4.72 Å². The van der Waals surface area contributed by atoms with Gasteiger partial charge in [0.2, 0.25) is 0 Å². The second-order valence-electron chi connectivity index (χ2n) is 9.67. The molecule has 0 aromatic carbocycles. The molecule has 1 aliphatic rings. The van der Waals surface area contributed by atoms with Gasteiger partial charge in [0, 0.05) is 0 Å². The summed E-state index contributed by atoms with van der Waals surface area (Å²) in [6.45, 7) is 9.29. The van der Waals surface area contributed by atoms with Crippen LogP contribution in [0.2, 0.25) is 0 Å². The predicted molar refractivity (Wildman–Crippen MR) is 113 cm³/mol. The van der Waals surface area contributed by atoms with E-state index in [9.17, 15) is 31.2 Å². The number of esters is 2. The molecule has 0 aromatic heterocycles. The van der Waals surface area contributed by atoms with Gasteiger partial charge in [-0.15, -0.1) is 0 Å². The summed E-state index contributed by atoms with van der Waals surface area (Å²) in [6.07, 6.45) is 4.75. The van der Waals surface area contributed by atoms with Gasteiger partial charge in [-0.25, -0.2) is 13.1 Å². The Morgan fingerprint density at radius 3 is 2.03 bits per heavy atom. The lowest BCUT2D eigenvalue weighted by atomic mass is 9.72. The molecule has 0 saturated heterocycles. The lowest BCUT2D eigenvalue weighted by Crippen LogP contribution is -2.45. The SMILES string of the molecule is CCC1(OC(=O)C(C)(C)CC(C)(CC)C(=O)OCC(C)NS(=O)(=O)C(F)(F)F)CCCC1. The molecule has 11 heteroatoms. The number of carbonyl (C=O) groups excluding carboxylic acids is 2. The Balaban J connectivity index is 2.79. The molecule has 0 bridgehead atoms. The van der Waals surface area contributed by atoms with Crippen LogP contribution in [0.4, 0.5) is 13.2 Å². The van der Waals surface area contributed by atoms with Crippen molar-refractivity contribution in [3.63, 3.8) is 0 Å². The van der Waals surface area contributed by atoms with E-state index in [2.05, 4.69) is 0 Å². The Kier molecular flexibility index (Phi) is 9.21. The Morgan fingerprint density at radius 2 is 1.59 bits per heavy atom. The lowest BCUT2D eigenvalue weighted by Gasteiger charge is -2.37. The quantitative estimate of drug-likeness (QED) is 0.432. The van der Waals surface area contributed by atoms with Gasteiger partial charge < -0.3 is 9.47 Å². The van der Waals surface area contributed by atoms with E-state index in [4.69, 9.17) is 9.47 Å². The average molecular weight is 488 g/mol. The fourth-order valence-corrected chi connectivity index (χ4v) is 4.74. The summed E-state index contributed by atoms with van der Waals surface area (Å²) in [7, 11) is -5.55. The Bertz CT molecular complexity index is 775. The third kappa shape index (κ3) is 7.07. The first-order valence-electron chi connectivity index (χ1n) is 10.9. The Morgan fingerprint density at radius 1 is 1.06 bits per heavy atom. The molecular formula is C21H36F3NO6S. The molecule has 0 spiro atoms. The zero-order valence-electron chi connectivity index (χ0n) is 19.7. The molecular weight excluding hydrogens is 451 g/mol. The maximum atomic E-state index is 13.0. The van der Waals surface area contributed by atoms with E-state index >= 15 is 0 Å². The standard InChI is InChI=1S/C21H36F3NO6S/c1-7-19(6,17(27)30-13-15(3)25-32(28,29)21(22,23)24)14-18(4,5)16(26)31-20(8-2)11-9-10-12-20/h15,25H,7-14H2,1-6H3. The summed E-state index contributed by atoms with van der Waals surface area (Å²) in [5, 5.41) is 0. The molecule has 0 amide bonds. The minimum absolute atomic E-state index is 0.108. The van der Waals surface area contributed by atoms with Gasteiger partial charge in [0.05, 0.1) is 16.9 Å². The van der Waals surface area contributed by atoms with Gasteiger partial charge >= 0.3 is 27.5 Å². The molecule has 0 aromatic rings. The lowest BCUT2D eigenvalue weighted by molar-refractivity contribution is -0.174. The van der Waals surface area contributed by atoms with Crippen LogP contribution in [0.25, 0.3) is 0 Å². The van der Waals surface area contributed by atoms with Gasteiger partial charge in [-0.1, -0.05) is 13.8 Å². The minimum atomic E-state index is -5.55. The molecule has 1 aliphatic carbocycles. The first-order valence-corrected chi connectivity index (χ1v) is 12.4. The zero-order chi connectivity index (χ0) is 25.0. The van der Waals surface area contributed by atoms with Crippen molar-refractivity contribution >= 4 is 22.0 Å². The molecule has 1 N–H and O–H groups in total. The first-order chi connectivity index (χ1) is 14.4. The van der Waals surface area contributed by atoms with Crippen LogP contribution in [0.3, 0.4) is 0 Å². The highest BCUT2D eigenvalue weighted by atomic mass is 32.2. The average Bonchev–Trinajstić information content (AvgIpc) is 3.13. The van der Waals surface area contributed by atoms with Crippen molar-refractivity contribution in [3.8, 4) is 0 Å². The molecule has 2 atom stereocenters. The molecule has 1 rings (SSSR count). The van der Waals surface area contributed by atoms with E-state index in [-0.39, 0.29) is 6.42 Å². The smallest absolute Gasteiger partial charge is 0.464 e. The van der Waals surface area contributed by atoms with Crippen LogP contribution < -0.4 is 4.72 Å². The molecule has 0 radical (unpaired) electrons. The molecule has 7 nitrogen and oxygen atoms in total. The number of hydrogen-bond acceptors (Lipinski definition) is 6. The van der Waals surface area contributed by atoms with Crippen LogP contribution in [-0.2, 0) is 29.1 Å². The fourth-order valence-electron chi connectivity index (χ4n) is 4.01. The first kappa shape index (κ1) is 28.7. The Labute approximate surface area is 188 Å². The van der Waals surface area contributed by atoms with Crippen molar-refractivity contribution in [2.75, 3.05) is 6.61 Å². The number of carbonyl (C=O) groups is 2. The largest absolute Gasteiger partial charge is 0.511 e. The topological polar surface area (TPSA) is 98.8 Å². The van der Waals surface area contributed by atoms with Crippen LogP contribution >= 0.6 is 0 Å². The second-order valence-corrected chi connectivity index (χ2v) is 11.4. The van der Waals surface area contributed by atoms with Crippen LogP contribution in [0, 0.1) is 10.8 Å². The van der Waals surface area contributed by atoms with Gasteiger partial charge in [0.15, 0.2) is 0 Å². The van der Waals surface area contributed by atoms with Crippen molar-refractivity contribution in [1.29, 1.82) is 0 Å². The summed E-state index contributed by atoms with van der Waals surface area (Å²) < 4.78 is 72.3. The highest BCUT2D eigenvalue weighted by Gasteiger charge is 2.48. The van der Waals surface area contributed by atoms with E-state index in [0.717, 1.165) is 32.6 Å². The van der Waals surface area contributed by atoms with Gasteiger partial charge in [-0.2, -0.15) is 13.2 Å². The van der Waals surface area contributed by atoms with Crippen LogP contribution in [-0.4, -0.2) is 44.1 Å². The predicted octanol–water partition coefficient (Wildman–Crippen LogP) is 4.46. The van der Waals surface area contributed by atoms with E-state index in [0.29, 0.717) is 12.8 Å². The van der Waals surface area contributed by atoms with E-state index in [1.165, 1.54) is 4.72 Å². The molecule has 32 heavy (non-hydrogen) atoms. The van der Waals surface area contributed by atoms with E-state index in [1.54, 1.807) is 27.7 Å². The number of halogens is 3. The number of sulfonamides is 1. The van der Waals surface area contributed by atoms with Crippen molar-refractivity contribution in [3.05, 3.63) is 0 Å². The number of ether oxygens (including phenoxy) is 2. The van der Waals surface area contributed by atoms with Crippen molar-refractivity contribution < 1.29 is 40.7 Å². The molecule has 1 fully saturated rings. The van der Waals surface area contributed by atoms with Crippen LogP contribution in [0.5, 0.6) is 0 Å². The normalized spacial score (nSPS) is 19.8. The maximum absolute atomic E-state index is 13.0. The molecule has 1 saturated carbocycles. The van der Waals surface area contributed by atoms with E-state index < -0.39 is 56.5 Å². The monoisotopic (exact) mass is 487 g/mol. The molecule has 188 valence electrons. The van der Waals surface area contributed by atoms with Crippen LogP contribution in [0.1, 0.15) is 86.5 Å². The maximum Gasteiger partial charge on any atom is 0.511 e. The number of nitrogens with one attached hydrogen (secondary N) is 1. The summed E-state index contributed by atoms with van der Waals surface area (Å²) in [5.41, 5.74) is -8.04. The van der Waals surface area contributed by atoms with Gasteiger partial charge in [0.1, 0.15) is 12.2 Å².